The molecule has 1 amide bonds. The maximum Gasteiger partial charge on any atom is 0.415 e. The van der Waals surface area contributed by atoms with Crippen LogP contribution in [0.15, 0.2) is 66.4 Å². The standard InChI is InChI=1S/C22H21NO3/c1-25-20-14-12-18(13-15-20)8-4-3-7-11-21-17-23(22(24)26-21)16-19-9-5-2-6-10-19/h2,5-6,9-15H,4,8,16-17H2,1H3. The zero-order chi connectivity index (χ0) is 18.2. The largest absolute Gasteiger partial charge is 0.497 e. The highest BCUT2D eigenvalue weighted by Crippen LogP contribution is 2.17. The van der Waals surface area contributed by atoms with E-state index in [-0.39, 0.29) is 6.09 Å². The SMILES string of the molecule is COc1ccc(CCC#CC=C2CN(Cc3ccccc3)C(=O)O2)cc1. The molecule has 0 radical (unpaired) electrons. The molecule has 0 saturated carbocycles. The maximum atomic E-state index is 11.9. The number of benzene rings is 2. The molecule has 0 unspecified atom stereocenters. The molecule has 1 aliphatic rings. The quantitative estimate of drug-likeness (QED) is 0.762. The number of cyclic esters (lactones) is 1. The Hall–Kier alpha value is -3.19. The van der Waals surface area contributed by atoms with E-state index in [1.165, 1.54) is 5.56 Å². The lowest BCUT2D eigenvalue weighted by molar-refractivity contribution is 0.167. The van der Waals surface area contributed by atoms with E-state index in [1.54, 1.807) is 18.1 Å². The smallest absolute Gasteiger partial charge is 0.415 e. The van der Waals surface area contributed by atoms with Crippen molar-refractivity contribution >= 4 is 6.09 Å². The lowest BCUT2D eigenvalue weighted by Gasteiger charge is -2.11. The number of hydrogen-bond acceptors (Lipinski definition) is 3. The van der Waals surface area contributed by atoms with Gasteiger partial charge in [-0.1, -0.05) is 54.3 Å². The highest BCUT2D eigenvalue weighted by Gasteiger charge is 2.26. The Morgan fingerprint density at radius 2 is 1.88 bits per heavy atom. The molecule has 0 aromatic heterocycles. The van der Waals surface area contributed by atoms with Crippen molar-refractivity contribution in [3.8, 4) is 17.6 Å². The number of ether oxygens (including phenoxy) is 2. The zero-order valence-corrected chi connectivity index (χ0v) is 14.8. The molecule has 26 heavy (non-hydrogen) atoms. The van der Waals surface area contributed by atoms with Crippen LogP contribution in [0.25, 0.3) is 0 Å². The molecular formula is C22H21NO3. The van der Waals surface area contributed by atoms with Crippen molar-refractivity contribution in [2.75, 3.05) is 13.7 Å². The van der Waals surface area contributed by atoms with Crippen LogP contribution in [-0.2, 0) is 17.7 Å². The lowest BCUT2D eigenvalue weighted by Crippen LogP contribution is -2.23. The van der Waals surface area contributed by atoms with E-state index in [0.717, 1.165) is 24.2 Å². The molecule has 2 aromatic rings. The third-order valence-corrected chi connectivity index (χ3v) is 4.07. The van der Waals surface area contributed by atoms with Gasteiger partial charge in [0.15, 0.2) is 0 Å². The van der Waals surface area contributed by atoms with E-state index < -0.39 is 0 Å². The van der Waals surface area contributed by atoms with Gasteiger partial charge in [-0.2, -0.15) is 0 Å². The van der Waals surface area contributed by atoms with Crippen LogP contribution in [0.4, 0.5) is 4.79 Å². The van der Waals surface area contributed by atoms with Gasteiger partial charge >= 0.3 is 6.09 Å². The van der Waals surface area contributed by atoms with E-state index in [1.807, 2.05) is 54.6 Å². The minimum atomic E-state index is -0.319. The van der Waals surface area contributed by atoms with Crippen molar-refractivity contribution in [2.24, 2.45) is 0 Å². The van der Waals surface area contributed by atoms with Crippen LogP contribution >= 0.6 is 0 Å². The molecule has 3 rings (SSSR count). The average Bonchev–Trinajstić information content (AvgIpc) is 3.02. The first-order valence-corrected chi connectivity index (χ1v) is 8.55. The Bertz CT molecular complexity index is 829. The topological polar surface area (TPSA) is 38.8 Å². The van der Waals surface area contributed by atoms with Gasteiger partial charge in [0.25, 0.3) is 0 Å². The summed E-state index contributed by atoms with van der Waals surface area (Å²) in [6, 6.07) is 17.8. The second-order valence-electron chi connectivity index (χ2n) is 5.99. The van der Waals surface area contributed by atoms with E-state index in [9.17, 15) is 4.79 Å². The summed E-state index contributed by atoms with van der Waals surface area (Å²) in [5.41, 5.74) is 2.30. The Labute approximate surface area is 154 Å². The highest BCUT2D eigenvalue weighted by atomic mass is 16.6. The van der Waals surface area contributed by atoms with E-state index in [0.29, 0.717) is 18.8 Å². The van der Waals surface area contributed by atoms with Crippen LogP contribution < -0.4 is 4.74 Å². The van der Waals surface area contributed by atoms with Crippen LogP contribution in [0.1, 0.15) is 17.5 Å². The molecule has 1 saturated heterocycles. The monoisotopic (exact) mass is 347 g/mol. The summed E-state index contributed by atoms with van der Waals surface area (Å²) >= 11 is 0. The molecule has 2 aromatic carbocycles. The van der Waals surface area contributed by atoms with Gasteiger partial charge in [0.05, 0.1) is 13.7 Å². The van der Waals surface area contributed by atoms with Gasteiger partial charge in [-0.25, -0.2) is 4.79 Å². The summed E-state index contributed by atoms with van der Waals surface area (Å²) in [5, 5.41) is 0. The summed E-state index contributed by atoms with van der Waals surface area (Å²) in [5.74, 6) is 7.54. The van der Waals surface area contributed by atoms with Crippen LogP contribution in [0.2, 0.25) is 0 Å². The summed E-state index contributed by atoms with van der Waals surface area (Å²) < 4.78 is 10.4. The van der Waals surface area contributed by atoms with Crippen LogP contribution in [0.5, 0.6) is 5.75 Å². The fourth-order valence-corrected chi connectivity index (χ4v) is 2.66. The first-order valence-electron chi connectivity index (χ1n) is 8.55. The molecule has 0 spiro atoms. The van der Waals surface area contributed by atoms with Crippen molar-refractivity contribution in [3.63, 3.8) is 0 Å². The van der Waals surface area contributed by atoms with Gasteiger partial charge in [-0.15, -0.1) is 0 Å². The third kappa shape index (κ3) is 4.90. The number of amides is 1. The molecule has 4 nitrogen and oxygen atoms in total. The summed E-state index contributed by atoms with van der Waals surface area (Å²) in [6.07, 6.45) is 2.99. The minimum absolute atomic E-state index is 0.319. The highest BCUT2D eigenvalue weighted by molar-refractivity contribution is 5.72. The zero-order valence-electron chi connectivity index (χ0n) is 14.8. The molecule has 1 heterocycles. The van der Waals surface area contributed by atoms with Crippen LogP contribution in [-0.4, -0.2) is 24.6 Å². The number of hydrogen-bond donors (Lipinski definition) is 0. The Morgan fingerprint density at radius 1 is 1.12 bits per heavy atom. The van der Waals surface area contributed by atoms with Crippen LogP contribution in [0, 0.1) is 11.8 Å². The Balaban J connectivity index is 1.48. The van der Waals surface area contributed by atoms with E-state index in [4.69, 9.17) is 9.47 Å². The molecule has 0 bridgehead atoms. The van der Waals surface area contributed by atoms with Crippen molar-refractivity contribution in [2.45, 2.75) is 19.4 Å². The molecule has 132 valence electrons. The van der Waals surface area contributed by atoms with Gasteiger partial charge in [0.2, 0.25) is 0 Å². The Morgan fingerprint density at radius 3 is 2.62 bits per heavy atom. The van der Waals surface area contributed by atoms with Gasteiger partial charge in [0, 0.05) is 19.0 Å². The van der Waals surface area contributed by atoms with Gasteiger partial charge in [-0.3, -0.25) is 4.90 Å². The first kappa shape index (κ1) is 17.6. The predicted octanol–water partition coefficient (Wildman–Crippen LogP) is 4.17. The molecule has 1 aliphatic heterocycles. The van der Waals surface area contributed by atoms with Gasteiger partial charge < -0.3 is 9.47 Å². The van der Waals surface area contributed by atoms with Gasteiger partial charge in [0.1, 0.15) is 11.5 Å². The number of carbonyl (C=O) groups is 1. The molecule has 1 fully saturated rings. The van der Waals surface area contributed by atoms with Crippen molar-refractivity contribution in [1.29, 1.82) is 0 Å². The normalized spacial score (nSPS) is 14.7. The molecule has 0 aliphatic carbocycles. The number of carbonyl (C=O) groups excluding carboxylic acids is 1. The fourth-order valence-electron chi connectivity index (χ4n) is 2.66. The maximum absolute atomic E-state index is 11.9. The molecular weight excluding hydrogens is 326 g/mol. The van der Waals surface area contributed by atoms with E-state index in [2.05, 4.69) is 11.8 Å². The second kappa shape index (κ2) is 8.77. The number of methoxy groups -OCH3 is 1. The summed E-state index contributed by atoms with van der Waals surface area (Å²) in [4.78, 5) is 13.6. The number of rotatable bonds is 5. The van der Waals surface area contributed by atoms with Crippen molar-refractivity contribution in [3.05, 3.63) is 77.6 Å². The van der Waals surface area contributed by atoms with Crippen molar-refractivity contribution < 1.29 is 14.3 Å². The number of nitrogens with zero attached hydrogens (tertiary/aromatic N) is 1. The average molecular weight is 347 g/mol. The minimum Gasteiger partial charge on any atom is -0.497 e. The Kier molecular flexibility index (Phi) is 5.95. The fraction of sp³-hybridized carbons (Fsp3) is 0.227. The van der Waals surface area contributed by atoms with E-state index >= 15 is 0 Å². The predicted molar refractivity (Wildman–Crippen MR) is 101 cm³/mol. The third-order valence-electron chi connectivity index (χ3n) is 4.07. The second-order valence-corrected chi connectivity index (χ2v) is 5.99. The first-order chi connectivity index (χ1) is 12.7. The molecule has 0 atom stereocenters. The van der Waals surface area contributed by atoms with Crippen LogP contribution in [0.3, 0.4) is 0 Å². The van der Waals surface area contributed by atoms with Crippen molar-refractivity contribution in [1.82, 2.24) is 4.90 Å². The summed E-state index contributed by atoms with van der Waals surface area (Å²) in [6.45, 7) is 1.00. The summed E-state index contributed by atoms with van der Waals surface area (Å²) in [7, 11) is 1.66. The lowest BCUT2D eigenvalue weighted by atomic mass is 10.1. The molecule has 0 N–H and O–H groups in total. The number of aryl methyl sites for hydroxylation is 1. The number of allylic oxidation sites excluding steroid dienone is 1. The molecule has 4 heteroatoms. The van der Waals surface area contributed by atoms with Gasteiger partial charge in [-0.05, 0) is 29.7 Å².